The zero-order valence-electron chi connectivity index (χ0n) is 14.8. The lowest BCUT2D eigenvalue weighted by molar-refractivity contribution is -0.155. The number of carbonyl (C=O) groups is 1. The second-order valence-electron chi connectivity index (χ2n) is 6.45. The van der Waals surface area contributed by atoms with E-state index in [1.165, 1.54) is 35.6 Å². The third-order valence-corrected chi connectivity index (χ3v) is 5.63. The highest BCUT2D eigenvalue weighted by Crippen LogP contribution is 2.36. The Balaban J connectivity index is 1.61. The molecule has 0 bridgehead atoms. The molecule has 0 amide bonds. The van der Waals surface area contributed by atoms with Gasteiger partial charge in [0.1, 0.15) is 24.3 Å². The van der Waals surface area contributed by atoms with Gasteiger partial charge in [0.15, 0.2) is 0 Å². The van der Waals surface area contributed by atoms with Crippen molar-refractivity contribution in [1.29, 1.82) is 0 Å². The van der Waals surface area contributed by atoms with Crippen molar-refractivity contribution in [3.05, 3.63) is 45.3 Å². The Hall–Kier alpha value is -1.59. The maximum atomic E-state index is 13.3. The van der Waals surface area contributed by atoms with Gasteiger partial charge in [0, 0.05) is 0 Å². The molecular formula is C17H19BrFN3O4S. The summed E-state index contributed by atoms with van der Waals surface area (Å²) in [5.41, 5.74) is 0. The van der Waals surface area contributed by atoms with Gasteiger partial charge in [0.25, 0.3) is 11.4 Å². The number of rotatable bonds is 6. The number of aromatic nitrogens is 1. The lowest BCUT2D eigenvalue weighted by Gasteiger charge is -2.38. The van der Waals surface area contributed by atoms with Crippen molar-refractivity contribution in [3.63, 3.8) is 0 Å². The molecule has 10 heteroatoms. The molecule has 1 fully saturated rings. The van der Waals surface area contributed by atoms with E-state index in [2.05, 4.69) is 20.9 Å². The van der Waals surface area contributed by atoms with E-state index in [4.69, 9.17) is 9.47 Å². The number of hydrogen-bond donors (Lipinski definition) is 0. The average molecular weight is 460 g/mol. The molecule has 0 saturated carbocycles. The molecule has 3 unspecified atom stereocenters. The molecule has 1 aliphatic heterocycles. The number of thiazole rings is 1. The Kier molecular flexibility index (Phi) is 6.11. The van der Waals surface area contributed by atoms with Crippen LogP contribution in [0.4, 0.5) is 9.52 Å². The van der Waals surface area contributed by atoms with Gasteiger partial charge in [-0.15, -0.1) is 0 Å². The summed E-state index contributed by atoms with van der Waals surface area (Å²) in [7, 11) is 1.79. The van der Waals surface area contributed by atoms with Gasteiger partial charge in [-0.3, -0.25) is 9.44 Å². The molecule has 7 nitrogen and oxygen atoms in total. The predicted molar refractivity (Wildman–Crippen MR) is 103 cm³/mol. The van der Waals surface area contributed by atoms with Gasteiger partial charge in [0.05, 0.1) is 22.9 Å². The molecule has 1 aliphatic rings. The smallest absolute Gasteiger partial charge is 0.314 e. The average Bonchev–Trinajstić information content (AvgIpc) is 3.14. The van der Waals surface area contributed by atoms with Gasteiger partial charge in [-0.25, -0.2) is 9.29 Å². The zero-order chi connectivity index (χ0) is 19.6. The molecule has 3 rings (SSSR count). The number of quaternary nitrogens is 1. The Morgan fingerprint density at radius 1 is 1.52 bits per heavy atom. The first kappa shape index (κ1) is 20.2. The molecule has 1 aromatic carbocycles. The van der Waals surface area contributed by atoms with E-state index >= 15 is 0 Å². The third kappa shape index (κ3) is 4.82. The quantitative estimate of drug-likeness (QED) is 0.374. The zero-order valence-corrected chi connectivity index (χ0v) is 17.2. The van der Waals surface area contributed by atoms with Crippen LogP contribution in [0.5, 0.6) is 5.75 Å². The van der Waals surface area contributed by atoms with Crippen LogP contribution in [-0.4, -0.2) is 48.4 Å². The molecular weight excluding hydrogens is 441 g/mol. The summed E-state index contributed by atoms with van der Waals surface area (Å²) in [5.74, 6) is -0.434. The van der Waals surface area contributed by atoms with Gasteiger partial charge in [-0.1, -0.05) is 0 Å². The van der Waals surface area contributed by atoms with Gasteiger partial charge in [0.2, 0.25) is 0 Å². The number of likely N-dealkylation sites (N-methyl/N-ethyl adjacent to an activating group) is 1. The summed E-state index contributed by atoms with van der Waals surface area (Å²) in [6.45, 7) is 2.18. The van der Waals surface area contributed by atoms with Crippen LogP contribution >= 0.6 is 27.3 Å². The van der Waals surface area contributed by atoms with Crippen molar-refractivity contribution in [2.75, 3.05) is 20.3 Å². The summed E-state index contributed by atoms with van der Waals surface area (Å²) in [6, 6.07) is 5.54. The first-order valence-corrected chi connectivity index (χ1v) is 9.88. The van der Waals surface area contributed by atoms with Crippen LogP contribution in [-0.2, 0) is 9.53 Å². The number of esters is 1. The standard InChI is InChI=1S/C17H19BrFN3O4S/c1-11(25-13-5-3-12(19)4-6-13)7-16(23)26-15-9-21(2)10-22(15,24)17-20-8-14(18)27-17/h3-6,8,11,15H,7,9-10H2,1-2H3. The molecule has 3 atom stereocenters. The summed E-state index contributed by atoms with van der Waals surface area (Å²) in [5, 5.41) is 13.6. The van der Waals surface area contributed by atoms with E-state index in [0.29, 0.717) is 17.4 Å². The number of hydroxylamine groups is 2. The minimum atomic E-state index is -0.890. The Labute approximate surface area is 168 Å². The number of carbonyl (C=O) groups excluding carboxylic acids is 1. The monoisotopic (exact) mass is 459 g/mol. The number of hydrogen-bond acceptors (Lipinski definition) is 7. The lowest BCUT2D eigenvalue weighted by atomic mass is 10.2. The van der Waals surface area contributed by atoms with Crippen LogP contribution in [0.1, 0.15) is 13.3 Å². The van der Waals surface area contributed by atoms with Gasteiger partial charge in [-0.05, 0) is 65.5 Å². The highest BCUT2D eigenvalue weighted by atomic mass is 79.9. The predicted octanol–water partition coefficient (Wildman–Crippen LogP) is 3.48. The number of ether oxygens (including phenoxy) is 2. The first-order chi connectivity index (χ1) is 12.8. The van der Waals surface area contributed by atoms with Crippen LogP contribution < -0.4 is 9.38 Å². The molecule has 2 aromatic rings. The summed E-state index contributed by atoms with van der Waals surface area (Å²) in [6.07, 6.45) is 0.163. The van der Waals surface area contributed by atoms with Crippen molar-refractivity contribution in [1.82, 2.24) is 14.5 Å². The van der Waals surface area contributed by atoms with E-state index < -0.39 is 22.9 Å². The summed E-state index contributed by atoms with van der Waals surface area (Å²) in [4.78, 5) is 18.3. The Bertz CT molecular complexity index is 806. The fraction of sp³-hybridized carbons (Fsp3) is 0.412. The molecule has 146 valence electrons. The number of benzene rings is 1. The molecule has 27 heavy (non-hydrogen) atoms. The molecule has 1 aromatic heterocycles. The second-order valence-corrected chi connectivity index (χ2v) is 8.84. The second kappa shape index (κ2) is 8.19. The minimum absolute atomic E-state index is 0.0286. The van der Waals surface area contributed by atoms with E-state index in [1.54, 1.807) is 25.1 Å². The van der Waals surface area contributed by atoms with E-state index in [9.17, 15) is 14.4 Å². The maximum Gasteiger partial charge on any atom is 0.314 e. The van der Waals surface area contributed by atoms with Crippen molar-refractivity contribution in [2.45, 2.75) is 25.7 Å². The van der Waals surface area contributed by atoms with Crippen molar-refractivity contribution >= 4 is 38.4 Å². The molecule has 0 N–H and O–H groups in total. The third-order valence-electron chi connectivity index (χ3n) is 4.05. The normalized spacial score (nSPS) is 24.0. The summed E-state index contributed by atoms with van der Waals surface area (Å²) < 4.78 is 23.9. The van der Waals surface area contributed by atoms with E-state index in [0.717, 1.165) is 3.79 Å². The van der Waals surface area contributed by atoms with Crippen LogP contribution in [0, 0.1) is 11.0 Å². The highest BCUT2D eigenvalue weighted by Gasteiger charge is 2.44. The Morgan fingerprint density at radius 2 is 2.22 bits per heavy atom. The molecule has 1 saturated heterocycles. The number of halogens is 2. The van der Waals surface area contributed by atoms with Crippen molar-refractivity contribution in [3.8, 4) is 5.75 Å². The maximum absolute atomic E-state index is 13.3. The van der Waals surface area contributed by atoms with Crippen LogP contribution in [0.25, 0.3) is 0 Å². The van der Waals surface area contributed by atoms with Crippen LogP contribution in [0.3, 0.4) is 0 Å². The van der Waals surface area contributed by atoms with Gasteiger partial charge < -0.3 is 14.7 Å². The Morgan fingerprint density at radius 3 is 2.85 bits per heavy atom. The molecule has 0 radical (unpaired) electrons. The molecule has 2 heterocycles. The molecule has 0 aliphatic carbocycles. The van der Waals surface area contributed by atoms with E-state index in [-0.39, 0.29) is 18.9 Å². The summed E-state index contributed by atoms with van der Waals surface area (Å²) >= 11 is 4.53. The van der Waals surface area contributed by atoms with Crippen molar-refractivity contribution in [2.24, 2.45) is 0 Å². The first-order valence-electron chi connectivity index (χ1n) is 8.27. The fourth-order valence-corrected chi connectivity index (χ4v) is 4.11. The van der Waals surface area contributed by atoms with Crippen LogP contribution in [0.2, 0.25) is 0 Å². The van der Waals surface area contributed by atoms with Crippen molar-refractivity contribution < 1.29 is 18.7 Å². The highest BCUT2D eigenvalue weighted by molar-refractivity contribution is 9.11. The van der Waals surface area contributed by atoms with Gasteiger partial charge in [-0.2, -0.15) is 4.98 Å². The lowest BCUT2D eigenvalue weighted by Crippen LogP contribution is -2.51. The molecule has 0 spiro atoms. The topological polar surface area (TPSA) is 74.7 Å². The number of nitrogens with zero attached hydrogens (tertiary/aromatic N) is 3. The van der Waals surface area contributed by atoms with E-state index in [1.807, 2.05) is 0 Å². The largest absolute Gasteiger partial charge is 0.622 e. The minimum Gasteiger partial charge on any atom is -0.622 e. The SMILES string of the molecule is CC(CC(=O)OC1CN(C)C[N+]1([O-])c1ncc(Br)s1)Oc1ccc(F)cc1. The van der Waals surface area contributed by atoms with Crippen LogP contribution in [0.15, 0.2) is 34.2 Å². The van der Waals surface area contributed by atoms with Gasteiger partial charge >= 0.3 is 5.97 Å². The fourth-order valence-electron chi connectivity index (χ4n) is 2.85.